The summed E-state index contributed by atoms with van der Waals surface area (Å²) in [5.41, 5.74) is 3.52. The van der Waals surface area contributed by atoms with E-state index < -0.39 is 0 Å². The Morgan fingerprint density at radius 2 is 1.55 bits per heavy atom. The first-order valence-electron chi connectivity index (χ1n) is 10.8. The van der Waals surface area contributed by atoms with Crippen molar-refractivity contribution in [1.29, 1.82) is 0 Å². The summed E-state index contributed by atoms with van der Waals surface area (Å²) in [6.07, 6.45) is 1.14. The second kappa shape index (κ2) is 11.9. The van der Waals surface area contributed by atoms with Gasteiger partial charge >= 0.3 is 5.97 Å². The molecule has 0 bridgehead atoms. The summed E-state index contributed by atoms with van der Waals surface area (Å²) in [4.78, 5) is 11.5. The van der Waals surface area contributed by atoms with Crippen LogP contribution >= 0.6 is 0 Å². The lowest BCUT2D eigenvalue weighted by Crippen LogP contribution is -2.32. The fraction of sp³-hybridized carbons (Fsp3) is 0.296. The molecule has 31 heavy (non-hydrogen) atoms. The number of hydrogen-bond donors (Lipinski definition) is 1. The SMILES string of the molecule is COC(=O)Cc1cccc(OCCC(C)NCC(c2ccccc2)c2ccccc2)c1. The molecule has 3 aromatic rings. The lowest BCUT2D eigenvalue weighted by atomic mass is 9.91. The van der Waals surface area contributed by atoms with E-state index in [0.717, 1.165) is 24.3 Å². The summed E-state index contributed by atoms with van der Waals surface area (Å²) in [6, 6.07) is 29.2. The van der Waals surface area contributed by atoms with Gasteiger partial charge in [0.05, 0.1) is 20.1 Å². The Bertz CT molecular complexity index is 888. The van der Waals surface area contributed by atoms with E-state index in [0.29, 0.717) is 18.6 Å². The van der Waals surface area contributed by atoms with Crippen molar-refractivity contribution in [1.82, 2.24) is 5.32 Å². The van der Waals surface area contributed by atoms with Gasteiger partial charge in [-0.3, -0.25) is 4.79 Å². The highest BCUT2D eigenvalue weighted by atomic mass is 16.5. The van der Waals surface area contributed by atoms with Gasteiger partial charge in [-0.2, -0.15) is 0 Å². The standard InChI is InChI=1S/C27H31NO3/c1-21(16-17-31-25-15-9-10-22(18-25)19-27(29)30-2)28-20-26(23-11-5-3-6-12-23)24-13-7-4-8-14-24/h3-15,18,21,26,28H,16-17,19-20H2,1-2H3. The molecule has 4 nitrogen and oxygen atoms in total. The van der Waals surface area contributed by atoms with Crippen LogP contribution in [0.3, 0.4) is 0 Å². The highest BCUT2D eigenvalue weighted by Crippen LogP contribution is 2.24. The summed E-state index contributed by atoms with van der Waals surface area (Å²) in [7, 11) is 1.40. The number of nitrogens with one attached hydrogen (secondary N) is 1. The highest BCUT2D eigenvalue weighted by Gasteiger charge is 2.15. The van der Waals surface area contributed by atoms with Crippen molar-refractivity contribution in [2.24, 2.45) is 0 Å². The summed E-state index contributed by atoms with van der Waals surface area (Å²) in [5, 5.41) is 3.67. The van der Waals surface area contributed by atoms with Crippen molar-refractivity contribution in [2.75, 3.05) is 20.3 Å². The minimum atomic E-state index is -0.249. The van der Waals surface area contributed by atoms with Gasteiger partial charge in [-0.25, -0.2) is 0 Å². The van der Waals surface area contributed by atoms with Crippen molar-refractivity contribution < 1.29 is 14.3 Å². The number of hydrogen-bond acceptors (Lipinski definition) is 4. The fourth-order valence-corrected chi connectivity index (χ4v) is 3.56. The van der Waals surface area contributed by atoms with E-state index in [-0.39, 0.29) is 12.4 Å². The zero-order valence-electron chi connectivity index (χ0n) is 18.3. The van der Waals surface area contributed by atoms with Gasteiger partial charge < -0.3 is 14.8 Å². The zero-order valence-corrected chi connectivity index (χ0v) is 18.3. The highest BCUT2D eigenvalue weighted by molar-refractivity contribution is 5.72. The van der Waals surface area contributed by atoms with E-state index in [4.69, 9.17) is 9.47 Å². The van der Waals surface area contributed by atoms with Crippen molar-refractivity contribution in [3.05, 3.63) is 102 Å². The molecule has 0 heterocycles. The summed E-state index contributed by atoms with van der Waals surface area (Å²) in [6.45, 7) is 3.66. The molecule has 0 saturated heterocycles. The van der Waals surface area contributed by atoms with E-state index in [1.54, 1.807) is 0 Å². The van der Waals surface area contributed by atoms with Gasteiger partial charge in [0.2, 0.25) is 0 Å². The lowest BCUT2D eigenvalue weighted by Gasteiger charge is -2.22. The Morgan fingerprint density at radius 3 is 2.16 bits per heavy atom. The Kier molecular flexibility index (Phi) is 8.68. The molecule has 0 aliphatic rings. The third-order valence-corrected chi connectivity index (χ3v) is 5.37. The largest absolute Gasteiger partial charge is 0.494 e. The number of carbonyl (C=O) groups excluding carboxylic acids is 1. The first-order chi connectivity index (χ1) is 15.2. The normalized spacial score (nSPS) is 11.8. The Balaban J connectivity index is 1.50. The maximum atomic E-state index is 11.5. The van der Waals surface area contributed by atoms with Gasteiger partial charge in [0.1, 0.15) is 5.75 Å². The van der Waals surface area contributed by atoms with Crippen LogP contribution < -0.4 is 10.1 Å². The molecule has 3 rings (SSSR count). The number of rotatable bonds is 11. The topological polar surface area (TPSA) is 47.6 Å². The molecule has 1 atom stereocenters. The number of benzene rings is 3. The Morgan fingerprint density at radius 1 is 0.903 bits per heavy atom. The Labute approximate surface area is 185 Å². The molecular formula is C27H31NO3. The lowest BCUT2D eigenvalue weighted by molar-refractivity contribution is -0.139. The van der Waals surface area contributed by atoms with Gasteiger partial charge in [0.25, 0.3) is 0 Å². The molecule has 0 radical (unpaired) electrons. The number of carbonyl (C=O) groups is 1. The van der Waals surface area contributed by atoms with E-state index in [1.807, 2.05) is 24.3 Å². The fourth-order valence-electron chi connectivity index (χ4n) is 3.56. The molecule has 0 spiro atoms. The molecule has 0 aliphatic carbocycles. The first-order valence-corrected chi connectivity index (χ1v) is 10.8. The quantitative estimate of drug-likeness (QED) is 0.447. The van der Waals surface area contributed by atoms with Crippen LogP contribution in [0.2, 0.25) is 0 Å². The average Bonchev–Trinajstić information content (AvgIpc) is 2.81. The minimum absolute atomic E-state index is 0.249. The molecule has 0 amide bonds. The third-order valence-electron chi connectivity index (χ3n) is 5.37. The smallest absolute Gasteiger partial charge is 0.309 e. The predicted octanol–water partition coefficient (Wildman–Crippen LogP) is 4.98. The summed E-state index contributed by atoms with van der Waals surface area (Å²) >= 11 is 0. The first kappa shape index (κ1) is 22.6. The van der Waals surface area contributed by atoms with Crippen molar-refractivity contribution in [2.45, 2.75) is 31.7 Å². The number of ether oxygens (including phenoxy) is 2. The molecule has 4 heteroatoms. The van der Waals surface area contributed by atoms with Gasteiger partial charge in [-0.15, -0.1) is 0 Å². The number of esters is 1. The van der Waals surface area contributed by atoms with Gasteiger partial charge in [0.15, 0.2) is 0 Å². The van der Waals surface area contributed by atoms with Crippen molar-refractivity contribution >= 4 is 5.97 Å². The third kappa shape index (κ3) is 7.26. The monoisotopic (exact) mass is 417 g/mol. The maximum absolute atomic E-state index is 11.5. The Hall–Kier alpha value is -3.11. The second-order valence-corrected chi connectivity index (χ2v) is 7.72. The van der Waals surface area contributed by atoms with E-state index >= 15 is 0 Å². The van der Waals surface area contributed by atoms with Crippen LogP contribution in [0.5, 0.6) is 5.75 Å². The zero-order chi connectivity index (χ0) is 21.9. The molecule has 162 valence electrons. The summed E-state index contributed by atoms with van der Waals surface area (Å²) in [5.74, 6) is 0.835. The van der Waals surface area contributed by atoms with Crippen LogP contribution in [0.15, 0.2) is 84.9 Å². The van der Waals surface area contributed by atoms with E-state index in [1.165, 1.54) is 18.2 Å². The molecule has 1 N–H and O–H groups in total. The molecule has 0 aromatic heterocycles. The van der Waals surface area contributed by atoms with Crippen LogP contribution in [0.25, 0.3) is 0 Å². The number of methoxy groups -OCH3 is 1. The van der Waals surface area contributed by atoms with Gasteiger partial charge in [-0.1, -0.05) is 72.8 Å². The van der Waals surface area contributed by atoms with Gasteiger partial charge in [-0.05, 0) is 42.2 Å². The van der Waals surface area contributed by atoms with Crippen LogP contribution in [-0.4, -0.2) is 32.3 Å². The summed E-state index contributed by atoms with van der Waals surface area (Å²) < 4.78 is 10.6. The van der Waals surface area contributed by atoms with Crippen molar-refractivity contribution in [3.63, 3.8) is 0 Å². The minimum Gasteiger partial charge on any atom is -0.494 e. The molecule has 0 fully saturated rings. The predicted molar refractivity (Wildman–Crippen MR) is 124 cm³/mol. The molecule has 0 saturated carbocycles. The van der Waals surface area contributed by atoms with E-state index in [9.17, 15) is 4.79 Å². The second-order valence-electron chi connectivity index (χ2n) is 7.72. The molecule has 1 unspecified atom stereocenters. The van der Waals surface area contributed by atoms with Crippen LogP contribution in [0.4, 0.5) is 0 Å². The van der Waals surface area contributed by atoms with Crippen molar-refractivity contribution in [3.8, 4) is 5.75 Å². The van der Waals surface area contributed by atoms with Crippen LogP contribution in [-0.2, 0) is 16.0 Å². The van der Waals surface area contributed by atoms with Crippen LogP contribution in [0.1, 0.15) is 36.0 Å². The van der Waals surface area contributed by atoms with Crippen LogP contribution in [0, 0.1) is 0 Å². The molecule has 0 aliphatic heterocycles. The molecular weight excluding hydrogens is 386 g/mol. The average molecular weight is 418 g/mol. The van der Waals surface area contributed by atoms with Gasteiger partial charge in [0, 0.05) is 18.5 Å². The molecule has 3 aromatic carbocycles. The van der Waals surface area contributed by atoms with E-state index in [2.05, 4.69) is 72.9 Å². The maximum Gasteiger partial charge on any atom is 0.309 e.